The molecule has 1 fully saturated rings. The Hall–Kier alpha value is -3.73. The van der Waals surface area contributed by atoms with Gasteiger partial charge >= 0.3 is 6.18 Å². The van der Waals surface area contributed by atoms with Crippen LogP contribution < -0.4 is 9.64 Å². The molecule has 0 bridgehead atoms. The maximum Gasteiger partial charge on any atom is 0.419 e. The Kier molecular flexibility index (Phi) is 6.17. The van der Waals surface area contributed by atoms with Crippen molar-refractivity contribution in [3.63, 3.8) is 0 Å². The third kappa shape index (κ3) is 5.30. The zero-order chi connectivity index (χ0) is 22.6. The van der Waals surface area contributed by atoms with Crippen LogP contribution in [0.3, 0.4) is 0 Å². The van der Waals surface area contributed by atoms with Crippen molar-refractivity contribution in [3.8, 4) is 23.3 Å². The van der Waals surface area contributed by atoms with Crippen LogP contribution in [0.5, 0.6) is 11.5 Å². The van der Waals surface area contributed by atoms with Crippen molar-refractivity contribution in [1.29, 1.82) is 0 Å². The van der Waals surface area contributed by atoms with Crippen LogP contribution in [0.25, 0.3) is 0 Å². The van der Waals surface area contributed by atoms with Crippen molar-refractivity contribution in [2.75, 3.05) is 18.0 Å². The molecule has 5 nitrogen and oxygen atoms in total. The van der Waals surface area contributed by atoms with E-state index in [2.05, 4.69) is 22.0 Å². The molecule has 1 aliphatic heterocycles. The number of aromatic nitrogens is 2. The van der Waals surface area contributed by atoms with E-state index in [0.717, 1.165) is 6.07 Å². The molecule has 4 rings (SSSR count). The third-order valence-corrected chi connectivity index (χ3v) is 5.08. The summed E-state index contributed by atoms with van der Waals surface area (Å²) in [7, 11) is 0. The lowest BCUT2D eigenvalue weighted by atomic mass is 10.1. The number of hydrogen-bond donors (Lipinski definition) is 1. The number of alkyl halides is 3. The molecule has 2 heterocycles. The molecule has 0 atom stereocenters. The third-order valence-electron chi connectivity index (χ3n) is 5.08. The smallest absolute Gasteiger partial charge is 0.419 e. The normalized spacial score (nSPS) is 14.5. The monoisotopic (exact) mass is 439 g/mol. The van der Waals surface area contributed by atoms with E-state index in [4.69, 9.17) is 4.74 Å². The number of nitrogens with zero attached hydrogens (tertiary/aromatic N) is 3. The minimum atomic E-state index is -4.45. The topological polar surface area (TPSA) is 58.5 Å². The largest absolute Gasteiger partial charge is 0.508 e. The van der Waals surface area contributed by atoms with Gasteiger partial charge < -0.3 is 14.7 Å². The second kappa shape index (κ2) is 9.18. The lowest BCUT2D eigenvalue weighted by Gasteiger charge is -2.33. The molecule has 0 radical (unpaired) electrons. The summed E-state index contributed by atoms with van der Waals surface area (Å²) in [5, 5.41) is 17.8. The number of rotatable bonds is 3. The molecule has 0 amide bonds. The van der Waals surface area contributed by atoms with Crippen molar-refractivity contribution in [1.82, 2.24) is 10.2 Å². The number of hydrogen-bond acceptors (Lipinski definition) is 5. The average molecular weight is 439 g/mol. The Labute approximate surface area is 183 Å². The number of halogens is 3. The molecule has 32 heavy (non-hydrogen) atoms. The van der Waals surface area contributed by atoms with Crippen molar-refractivity contribution in [3.05, 3.63) is 77.5 Å². The predicted octanol–water partition coefficient (Wildman–Crippen LogP) is 4.65. The fraction of sp³-hybridized carbons (Fsp3) is 0.250. The summed E-state index contributed by atoms with van der Waals surface area (Å²) < 4.78 is 45.2. The van der Waals surface area contributed by atoms with E-state index in [1.807, 2.05) is 11.0 Å². The molecule has 8 heteroatoms. The highest BCUT2D eigenvalue weighted by molar-refractivity contribution is 5.45. The van der Waals surface area contributed by atoms with Crippen LogP contribution in [0, 0.1) is 11.8 Å². The SMILES string of the molecule is Oc1cccc(C#Cc2ccc(N3CCC(Oc4ccccc4C(F)(F)F)CC3)nn2)c1. The van der Waals surface area contributed by atoms with Crippen molar-refractivity contribution < 1.29 is 23.0 Å². The molecule has 1 saturated heterocycles. The van der Waals surface area contributed by atoms with Gasteiger partial charge in [-0.25, -0.2) is 0 Å². The number of para-hydroxylation sites is 1. The van der Waals surface area contributed by atoms with Gasteiger partial charge in [0.05, 0.1) is 5.56 Å². The first kappa shape index (κ1) is 21.5. The van der Waals surface area contributed by atoms with Gasteiger partial charge in [-0.05, 0) is 48.4 Å². The van der Waals surface area contributed by atoms with E-state index >= 15 is 0 Å². The Bertz CT molecular complexity index is 1130. The van der Waals surface area contributed by atoms with Gasteiger partial charge in [0, 0.05) is 31.5 Å². The van der Waals surface area contributed by atoms with E-state index in [1.54, 1.807) is 36.4 Å². The first-order chi connectivity index (χ1) is 15.4. The van der Waals surface area contributed by atoms with Gasteiger partial charge in [0.2, 0.25) is 0 Å². The van der Waals surface area contributed by atoms with Gasteiger partial charge in [0.15, 0.2) is 5.82 Å². The number of piperidine rings is 1. The molecule has 1 aliphatic rings. The minimum absolute atomic E-state index is 0.132. The summed E-state index contributed by atoms with van der Waals surface area (Å²) in [6.07, 6.45) is -3.59. The Morgan fingerprint density at radius 3 is 2.41 bits per heavy atom. The quantitative estimate of drug-likeness (QED) is 0.602. The van der Waals surface area contributed by atoms with E-state index in [1.165, 1.54) is 12.1 Å². The molecule has 0 unspecified atom stereocenters. The van der Waals surface area contributed by atoms with E-state index in [0.29, 0.717) is 43.0 Å². The zero-order valence-corrected chi connectivity index (χ0v) is 17.0. The van der Waals surface area contributed by atoms with Gasteiger partial charge in [-0.2, -0.15) is 13.2 Å². The summed E-state index contributed by atoms with van der Waals surface area (Å²) in [6, 6.07) is 15.5. The van der Waals surface area contributed by atoms with Gasteiger partial charge in [0.1, 0.15) is 23.3 Å². The van der Waals surface area contributed by atoms with Crippen molar-refractivity contribution in [2.24, 2.45) is 0 Å². The number of phenols is 1. The molecule has 164 valence electrons. The second-order valence-corrected chi connectivity index (χ2v) is 7.38. The highest BCUT2D eigenvalue weighted by Gasteiger charge is 2.35. The van der Waals surface area contributed by atoms with Crippen molar-refractivity contribution >= 4 is 5.82 Å². The lowest BCUT2D eigenvalue weighted by molar-refractivity contribution is -0.139. The number of anilines is 1. The number of benzene rings is 2. The van der Waals surface area contributed by atoms with Crippen LogP contribution in [0.1, 0.15) is 29.7 Å². The minimum Gasteiger partial charge on any atom is -0.508 e. The van der Waals surface area contributed by atoms with Crippen LogP contribution in [0.15, 0.2) is 60.7 Å². The summed E-state index contributed by atoms with van der Waals surface area (Å²) in [5.74, 6) is 6.52. The fourth-order valence-corrected chi connectivity index (χ4v) is 3.47. The summed E-state index contributed by atoms with van der Waals surface area (Å²) in [4.78, 5) is 2.02. The van der Waals surface area contributed by atoms with E-state index in [9.17, 15) is 18.3 Å². The van der Waals surface area contributed by atoms with Gasteiger partial charge in [-0.1, -0.05) is 24.1 Å². The summed E-state index contributed by atoms with van der Waals surface area (Å²) in [6.45, 7) is 1.20. The number of ether oxygens (including phenoxy) is 1. The number of phenolic OH excluding ortho intramolecular Hbond substituents is 1. The Morgan fingerprint density at radius 1 is 0.938 bits per heavy atom. The summed E-state index contributed by atoms with van der Waals surface area (Å²) in [5.41, 5.74) is 0.417. The molecule has 3 aromatic rings. The van der Waals surface area contributed by atoms with Crippen LogP contribution in [-0.4, -0.2) is 34.5 Å². The molecule has 1 N–H and O–H groups in total. The van der Waals surface area contributed by atoms with Crippen molar-refractivity contribution in [2.45, 2.75) is 25.1 Å². The van der Waals surface area contributed by atoms with Gasteiger partial charge in [0.25, 0.3) is 0 Å². The lowest BCUT2D eigenvalue weighted by Crippen LogP contribution is -2.39. The van der Waals surface area contributed by atoms with Crippen LogP contribution in [-0.2, 0) is 6.18 Å². The first-order valence-corrected chi connectivity index (χ1v) is 10.1. The summed E-state index contributed by atoms with van der Waals surface area (Å²) >= 11 is 0. The highest BCUT2D eigenvalue weighted by Crippen LogP contribution is 2.37. The maximum atomic E-state index is 13.2. The van der Waals surface area contributed by atoms with Crippen LogP contribution >= 0.6 is 0 Å². The molecular formula is C24H20F3N3O2. The van der Waals surface area contributed by atoms with Gasteiger partial charge in [-0.3, -0.25) is 0 Å². The Morgan fingerprint density at radius 2 is 1.72 bits per heavy atom. The molecule has 1 aromatic heterocycles. The first-order valence-electron chi connectivity index (χ1n) is 10.1. The van der Waals surface area contributed by atoms with Gasteiger partial charge in [-0.15, -0.1) is 10.2 Å². The van der Waals surface area contributed by atoms with E-state index < -0.39 is 11.7 Å². The Balaban J connectivity index is 1.35. The highest BCUT2D eigenvalue weighted by atomic mass is 19.4. The zero-order valence-electron chi connectivity index (χ0n) is 17.0. The second-order valence-electron chi connectivity index (χ2n) is 7.38. The molecular weight excluding hydrogens is 419 g/mol. The fourth-order valence-electron chi connectivity index (χ4n) is 3.47. The standard InChI is InChI=1S/C24H20F3N3O2/c25-24(26,27)21-6-1-2-7-22(21)32-20-12-14-30(15-13-20)23-11-10-18(28-29-23)9-8-17-4-3-5-19(31)16-17/h1-7,10-11,16,20,31H,12-15H2. The maximum absolute atomic E-state index is 13.2. The average Bonchev–Trinajstić information content (AvgIpc) is 2.78. The molecule has 0 spiro atoms. The molecule has 0 saturated carbocycles. The predicted molar refractivity (Wildman–Crippen MR) is 113 cm³/mol. The number of aromatic hydroxyl groups is 1. The molecule has 2 aromatic carbocycles. The molecule has 0 aliphatic carbocycles. The van der Waals surface area contributed by atoms with E-state index in [-0.39, 0.29) is 17.6 Å². The van der Waals surface area contributed by atoms with Crippen LogP contribution in [0.4, 0.5) is 19.0 Å². The van der Waals surface area contributed by atoms with Crippen LogP contribution in [0.2, 0.25) is 0 Å².